The highest BCUT2D eigenvalue weighted by Gasteiger charge is 2.31. The van der Waals surface area contributed by atoms with Crippen LogP contribution in [0, 0.1) is 0 Å². The number of ether oxygens (including phenoxy) is 1. The number of thioether (sulfide) groups is 2. The highest BCUT2D eigenvalue weighted by molar-refractivity contribution is 8.00. The first-order valence-electron chi connectivity index (χ1n) is 8.15. The van der Waals surface area contributed by atoms with Crippen LogP contribution in [0.15, 0.2) is 47.8 Å². The van der Waals surface area contributed by atoms with Gasteiger partial charge in [0.1, 0.15) is 10.8 Å². The van der Waals surface area contributed by atoms with Gasteiger partial charge >= 0.3 is 0 Å². The second-order valence-electron chi connectivity index (χ2n) is 5.87. The minimum absolute atomic E-state index is 0.243. The van der Waals surface area contributed by atoms with Gasteiger partial charge in [-0.1, -0.05) is 30.3 Å². The summed E-state index contributed by atoms with van der Waals surface area (Å²) in [7, 11) is 0. The molecule has 24 heavy (non-hydrogen) atoms. The van der Waals surface area contributed by atoms with Crippen molar-refractivity contribution >= 4 is 29.3 Å². The maximum atomic E-state index is 5.50. The van der Waals surface area contributed by atoms with Crippen LogP contribution in [-0.2, 0) is 10.5 Å². The predicted octanol–water partition coefficient (Wildman–Crippen LogP) is 4.09. The molecule has 0 bridgehead atoms. The number of rotatable bonds is 7. The van der Waals surface area contributed by atoms with E-state index in [1.807, 2.05) is 24.0 Å². The molecule has 0 atom stereocenters. The second-order valence-corrected chi connectivity index (χ2v) is 8.14. The summed E-state index contributed by atoms with van der Waals surface area (Å²) in [6, 6.07) is 10.4. The summed E-state index contributed by atoms with van der Waals surface area (Å²) < 4.78 is 5.74. The lowest BCUT2D eigenvalue weighted by atomic mass is 9.99. The molecule has 1 aliphatic heterocycles. The number of nitrogens with zero attached hydrogens (tertiary/aromatic N) is 2. The van der Waals surface area contributed by atoms with Crippen LogP contribution in [0.1, 0.15) is 18.4 Å². The maximum absolute atomic E-state index is 5.50. The predicted molar refractivity (Wildman–Crippen MR) is 103 cm³/mol. The van der Waals surface area contributed by atoms with Gasteiger partial charge in [0.15, 0.2) is 0 Å². The summed E-state index contributed by atoms with van der Waals surface area (Å²) in [5.74, 6) is 1.76. The summed E-state index contributed by atoms with van der Waals surface area (Å²) in [6.45, 7) is 2.60. The molecule has 1 fully saturated rings. The van der Waals surface area contributed by atoms with Gasteiger partial charge in [-0.3, -0.25) is 4.98 Å². The Hall–Kier alpha value is -1.24. The lowest BCUT2D eigenvalue weighted by Crippen LogP contribution is -2.39. The highest BCUT2D eigenvalue weighted by atomic mass is 32.2. The van der Waals surface area contributed by atoms with E-state index in [2.05, 4.69) is 45.8 Å². The van der Waals surface area contributed by atoms with Crippen molar-refractivity contribution < 1.29 is 4.74 Å². The zero-order chi connectivity index (χ0) is 16.7. The van der Waals surface area contributed by atoms with E-state index in [4.69, 9.17) is 4.74 Å². The normalized spacial score (nSPS) is 16.7. The fourth-order valence-electron chi connectivity index (χ4n) is 2.68. The molecule has 1 aromatic heterocycles. The Morgan fingerprint density at radius 3 is 2.71 bits per heavy atom. The number of nitrogens with one attached hydrogen (secondary N) is 1. The van der Waals surface area contributed by atoms with Gasteiger partial charge in [0.2, 0.25) is 0 Å². The Kier molecular flexibility index (Phi) is 6.40. The fourth-order valence-corrected chi connectivity index (χ4v) is 4.28. The molecular formula is C18H23N3OS2. The van der Waals surface area contributed by atoms with E-state index in [9.17, 15) is 0 Å². The topological polar surface area (TPSA) is 47.0 Å². The third-order valence-corrected chi connectivity index (χ3v) is 6.66. The van der Waals surface area contributed by atoms with E-state index in [0.717, 1.165) is 49.2 Å². The molecule has 1 saturated heterocycles. The number of hydrogen-bond donors (Lipinski definition) is 1. The number of benzene rings is 1. The van der Waals surface area contributed by atoms with Crippen LogP contribution in [0.25, 0.3) is 0 Å². The Morgan fingerprint density at radius 2 is 1.96 bits per heavy atom. The average molecular weight is 362 g/mol. The molecule has 2 aromatic rings. The first kappa shape index (κ1) is 17.6. The Balaban J connectivity index is 1.56. The zero-order valence-corrected chi connectivity index (χ0v) is 15.5. The molecule has 0 aliphatic carbocycles. The van der Waals surface area contributed by atoms with Crippen LogP contribution in [0.3, 0.4) is 0 Å². The number of aromatic nitrogens is 2. The van der Waals surface area contributed by atoms with Gasteiger partial charge in [-0.2, -0.15) is 11.8 Å². The summed E-state index contributed by atoms with van der Waals surface area (Å²) in [4.78, 5) is 9.02. The van der Waals surface area contributed by atoms with E-state index in [1.165, 1.54) is 5.56 Å². The van der Waals surface area contributed by atoms with Crippen molar-refractivity contribution in [1.82, 2.24) is 9.97 Å². The molecule has 1 aliphatic rings. The molecule has 1 N–H and O–H groups in total. The van der Waals surface area contributed by atoms with Crippen molar-refractivity contribution in [2.24, 2.45) is 0 Å². The molecule has 3 rings (SSSR count). The molecule has 0 radical (unpaired) electrons. The van der Waals surface area contributed by atoms with E-state index in [0.29, 0.717) is 0 Å². The molecule has 4 nitrogen and oxygen atoms in total. The smallest absolute Gasteiger partial charge is 0.145 e. The van der Waals surface area contributed by atoms with Gasteiger partial charge < -0.3 is 10.1 Å². The van der Waals surface area contributed by atoms with Crippen molar-refractivity contribution in [1.29, 1.82) is 0 Å². The molecule has 0 saturated carbocycles. The summed E-state index contributed by atoms with van der Waals surface area (Å²) in [6.07, 6.45) is 7.98. The van der Waals surface area contributed by atoms with Crippen LogP contribution in [0.4, 0.5) is 5.82 Å². The lowest BCUT2D eigenvalue weighted by molar-refractivity contribution is 0.0802. The van der Waals surface area contributed by atoms with Crippen molar-refractivity contribution in [3.63, 3.8) is 0 Å². The van der Waals surface area contributed by atoms with Gasteiger partial charge in [-0.05, 0) is 24.7 Å². The first-order valence-corrected chi connectivity index (χ1v) is 10.4. The maximum Gasteiger partial charge on any atom is 0.145 e. The molecular weight excluding hydrogens is 338 g/mol. The average Bonchev–Trinajstić information content (AvgIpc) is 2.67. The molecule has 0 amide bonds. The molecule has 0 unspecified atom stereocenters. The van der Waals surface area contributed by atoms with Crippen LogP contribution in [0.2, 0.25) is 0 Å². The van der Waals surface area contributed by atoms with E-state index in [-0.39, 0.29) is 4.75 Å². The highest BCUT2D eigenvalue weighted by Crippen LogP contribution is 2.34. The Morgan fingerprint density at radius 1 is 1.17 bits per heavy atom. The van der Waals surface area contributed by atoms with E-state index >= 15 is 0 Å². The molecule has 128 valence electrons. The SMILES string of the molecule is CSC1(CNc2cncc(SCc3ccccc3)n2)CCOCC1. The minimum atomic E-state index is 0.243. The summed E-state index contributed by atoms with van der Waals surface area (Å²) >= 11 is 3.64. The number of anilines is 1. The summed E-state index contributed by atoms with van der Waals surface area (Å²) in [5, 5.41) is 4.43. The van der Waals surface area contributed by atoms with Crippen molar-refractivity contribution in [2.45, 2.75) is 28.4 Å². The lowest BCUT2D eigenvalue weighted by Gasteiger charge is -2.35. The largest absolute Gasteiger partial charge is 0.381 e. The van der Waals surface area contributed by atoms with Gasteiger partial charge in [0.25, 0.3) is 0 Å². The van der Waals surface area contributed by atoms with Gasteiger partial charge in [-0.25, -0.2) is 4.98 Å². The Labute approximate surface area is 152 Å². The number of hydrogen-bond acceptors (Lipinski definition) is 6. The fraction of sp³-hybridized carbons (Fsp3) is 0.444. The monoisotopic (exact) mass is 361 g/mol. The molecule has 0 spiro atoms. The third kappa shape index (κ3) is 4.88. The first-order chi connectivity index (χ1) is 11.8. The zero-order valence-electron chi connectivity index (χ0n) is 13.9. The molecule has 2 heterocycles. The van der Waals surface area contributed by atoms with E-state index in [1.54, 1.807) is 18.0 Å². The van der Waals surface area contributed by atoms with Crippen molar-refractivity contribution in [3.8, 4) is 0 Å². The Bertz CT molecular complexity index is 633. The minimum Gasteiger partial charge on any atom is -0.381 e. The van der Waals surface area contributed by atoms with Crippen LogP contribution in [0.5, 0.6) is 0 Å². The standard InChI is InChI=1S/C18H23N3OS2/c1-23-18(7-9-22-10-8-18)14-20-16-11-19-12-17(21-16)24-13-15-5-3-2-4-6-15/h2-6,11-12H,7-10,13-14H2,1H3,(H,20,21). The van der Waals surface area contributed by atoms with Crippen LogP contribution in [-0.4, -0.2) is 40.7 Å². The van der Waals surface area contributed by atoms with Gasteiger partial charge in [0.05, 0.1) is 12.4 Å². The third-order valence-electron chi connectivity index (χ3n) is 4.27. The van der Waals surface area contributed by atoms with Crippen LogP contribution < -0.4 is 5.32 Å². The second kappa shape index (κ2) is 8.74. The molecule has 1 aromatic carbocycles. The molecule has 6 heteroatoms. The quantitative estimate of drug-likeness (QED) is 0.750. The van der Waals surface area contributed by atoms with Crippen LogP contribution >= 0.6 is 23.5 Å². The summed E-state index contributed by atoms with van der Waals surface area (Å²) in [5.41, 5.74) is 1.30. The van der Waals surface area contributed by atoms with Crippen molar-refractivity contribution in [2.75, 3.05) is 31.3 Å². The van der Waals surface area contributed by atoms with Crippen molar-refractivity contribution in [3.05, 3.63) is 48.3 Å². The van der Waals surface area contributed by atoms with E-state index < -0.39 is 0 Å². The van der Waals surface area contributed by atoms with Gasteiger partial charge in [-0.15, -0.1) is 11.8 Å². The van der Waals surface area contributed by atoms with Gasteiger partial charge in [0, 0.05) is 30.3 Å².